The minimum Gasteiger partial charge on any atom is -0.396 e. The largest absolute Gasteiger partial charge is 0.396 e. The Hall–Kier alpha value is 0.230. The van der Waals surface area contributed by atoms with E-state index in [0.717, 1.165) is 37.6 Å². The zero-order valence-electron chi connectivity index (χ0n) is 20.5. The number of unbranched alkanes of at least 4 members (excludes halogenated alkanes) is 15. The van der Waals surface area contributed by atoms with Crippen LogP contribution in [-0.4, -0.2) is 49.6 Å². The van der Waals surface area contributed by atoms with Crippen LogP contribution in [-0.2, 0) is 9.47 Å². The Labute approximate surface area is 193 Å². The topological polar surface area (TPSA) is 38.7 Å². The zero-order chi connectivity index (χ0) is 22.0. The molecular formula is C26H54O3S. The second-order valence-corrected chi connectivity index (χ2v) is 9.94. The van der Waals surface area contributed by atoms with Crippen LogP contribution in [0.25, 0.3) is 0 Å². The summed E-state index contributed by atoms with van der Waals surface area (Å²) in [5.74, 6) is 2.12. The van der Waals surface area contributed by atoms with Gasteiger partial charge in [0.2, 0.25) is 0 Å². The number of aliphatic hydroxyl groups is 1. The van der Waals surface area contributed by atoms with Gasteiger partial charge in [-0.05, 0) is 30.8 Å². The smallest absolute Gasteiger partial charge is 0.0812 e. The fourth-order valence-corrected chi connectivity index (χ4v) is 4.69. The van der Waals surface area contributed by atoms with E-state index in [0.29, 0.717) is 6.61 Å². The molecule has 4 heteroatoms. The first-order valence-electron chi connectivity index (χ1n) is 13.1. The van der Waals surface area contributed by atoms with Crippen molar-refractivity contribution in [3.05, 3.63) is 0 Å². The van der Waals surface area contributed by atoms with Gasteiger partial charge in [-0.15, -0.1) is 0 Å². The van der Waals surface area contributed by atoms with Gasteiger partial charge in [0, 0.05) is 20.3 Å². The number of hydrogen-bond donors (Lipinski definition) is 1. The Morgan fingerprint density at radius 3 is 1.63 bits per heavy atom. The Morgan fingerprint density at radius 1 is 0.667 bits per heavy atom. The first-order valence-corrected chi connectivity index (χ1v) is 14.3. The molecular weight excluding hydrogens is 392 g/mol. The Balaban J connectivity index is 3.18. The fraction of sp³-hybridized carbons (Fsp3) is 1.00. The van der Waals surface area contributed by atoms with Gasteiger partial charge in [-0.1, -0.05) is 103 Å². The first-order chi connectivity index (χ1) is 14.8. The van der Waals surface area contributed by atoms with Gasteiger partial charge >= 0.3 is 0 Å². The molecule has 1 N–H and O–H groups in total. The van der Waals surface area contributed by atoms with Gasteiger partial charge in [0.25, 0.3) is 0 Å². The molecule has 0 saturated carbocycles. The van der Waals surface area contributed by atoms with Crippen LogP contribution in [0.4, 0.5) is 0 Å². The summed E-state index contributed by atoms with van der Waals surface area (Å²) in [4.78, 5) is 0. The summed E-state index contributed by atoms with van der Waals surface area (Å²) in [5, 5.41) is 8.78. The fourth-order valence-electron chi connectivity index (χ4n) is 3.72. The Morgan fingerprint density at radius 2 is 1.17 bits per heavy atom. The van der Waals surface area contributed by atoms with Gasteiger partial charge in [0.15, 0.2) is 0 Å². The van der Waals surface area contributed by atoms with E-state index >= 15 is 0 Å². The van der Waals surface area contributed by atoms with E-state index in [1.165, 1.54) is 103 Å². The minimum atomic E-state index is 0.215. The summed E-state index contributed by atoms with van der Waals surface area (Å²) in [6, 6.07) is 0. The molecule has 0 aliphatic heterocycles. The molecule has 0 saturated heterocycles. The maximum atomic E-state index is 8.78. The molecule has 0 aromatic heterocycles. The third kappa shape index (κ3) is 24.5. The normalized spacial score (nSPS) is 12.5. The lowest BCUT2D eigenvalue weighted by Crippen LogP contribution is -2.19. The van der Waals surface area contributed by atoms with Crippen molar-refractivity contribution < 1.29 is 14.6 Å². The van der Waals surface area contributed by atoms with Gasteiger partial charge in [-0.25, -0.2) is 0 Å². The molecule has 0 aromatic carbocycles. The molecule has 0 fully saturated rings. The molecule has 1 atom stereocenters. The van der Waals surface area contributed by atoms with Crippen LogP contribution < -0.4 is 0 Å². The van der Waals surface area contributed by atoms with Crippen molar-refractivity contribution in [2.45, 2.75) is 129 Å². The summed E-state index contributed by atoms with van der Waals surface area (Å²) in [6.45, 7) is 4.17. The van der Waals surface area contributed by atoms with Gasteiger partial charge in [-0.2, -0.15) is 11.8 Å². The summed E-state index contributed by atoms with van der Waals surface area (Å²) in [6.07, 6.45) is 24.6. The summed E-state index contributed by atoms with van der Waals surface area (Å²) in [5.41, 5.74) is 0. The highest BCUT2D eigenvalue weighted by atomic mass is 32.2. The van der Waals surface area contributed by atoms with Crippen LogP contribution in [0.1, 0.15) is 122 Å². The molecule has 0 aliphatic rings. The summed E-state index contributed by atoms with van der Waals surface area (Å²) < 4.78 is 11.3. The molecule has 1 unspecified atom stereocenters. The van der Waals surface area contributed by atoms with Crippen molar-refractivity contribution >= 4 is 11.8 Å². The number of thioether (sulfide) groups is 1. The number of ether oxygens (including phenoxy) is 2. The Kier molecular flexibility index (Phi) is 27.5. The molecule has 0 amide bonds. The van der Waals surface area contributed by atoms with Gasteiger partial charge in [-0.3, -0.25) is 0 Å². The van der Waals surface area contributed by atoms with Crippen molar-refractivity contribution in [2.75, 3.05) is 38.4 Å². The number of methoxy groups -OCH3 is 1. The van der Waals surface area contributed by atoms with E-state index < -0.39 is 0 Å². The minimum absolute atomic E-state index is 0.215. The molecule has 182 valence electrons. The third-order valence-electron chi connectivity index (χ3n) is 5.81. The summed E-state index contributed by atoms with van der Waals surface area (Å²) in [7, 11) is 1.78. The van der Waals surface area contributed by atoms with E-state index in [9.17, 15) is 0 Å². The molecule has 0 bridgehead atoms. The van der Waals surface area contributed by atoms with Crippen molar-refractivity contribution in [3.8, 4) is 0 Å². The average molecular weight is 447 g/mol. The second kappa shape index (κ2) is 27.3. The van der Waals surface area contributed by atoms with E-state index in [4.69, 9.17) is 14.6 Å². The molecule has 0 aliphatic carbocycles. The maximum Gasteiger partial charge on any atom is 0.0812 e. The second-order valence-electron chi connectivity index (χ2n) is 8.71. The number of hydrogen-bond acceptors (Lipinski definition) is 4. The molecule has 3 nitrogen and oxygen atoms in total. The van der Waals surface area contributed by atoms with E-state index in [2.05, 4.69) is 6.92 Å². The highest BCUT2D eigenvalue weighted by molar-refractivity contribution is 7.99. The van der Waals surface area contributed by atoms with Crippen LogP contribution in [0.3, 0.4) is 0 Å². The predicted octanol–water partition coefficient (Wildman–Crippen LogP) is 7.79. The maximum absolute atomic E-state index is 8.78. The zero-order valence-corrected chi connectivity index (χ0v) is 21.3. The van der Waals surface area contributed by atoms with Crippen LogP contribution >= 0.6 is 11.8 Å². The standard InChI is InChI=1S/C26H54O3S/c1-3-4-5-6-7-8-9-10-11-12-13-14-15-16-17-18-22-29-25-26(28-2)20-24-30-23-19-21-27/h26-27H,3-25H2,1-2H3. The van der Waals surface area contributed by atoms with Crippen molar-refractivity contribution in [1.82, 2.24) is 0 Å². The molecule has 0 aromatic rings. The molecule has 0 radical (unpaired) electrons. The van der Waals surface area contributed by atoms with Crippen LogP contribution in [0.5, 0.6) is 0 Å². The van der Waals surface area contributed by atoms with Gasteiger partial charge in [0.1, 0.15) is 0 Å². The molecule has 0 spiro atoms. The van der Waals surface area contributed by atoms with Gasteiger partial charge < -0.3 is 14.6 Å². The lowest BCUT2D eigenvalue weighted by Gasteiger charge is -2.15. The van der Waals surface area contributed by atoms with Gasteiger partial charge in [0.05, 0.1) is 12.7 Å². The first kappa shape index (κ1) is 30.2. The third-order valence-corrected chi connectivity index (χ3v) is 6.91. The van der Waals surface area contributed by atoms with Crippen molar-refractivity contribution in [2.24, 2.45) is 0 Å². The highest BCUT2D eigenvalue weighted by Gasteiger charge is 2.07. The molecule has 30 heavy (non-hydrogen) atoms. The van der Waals surface area contributed by atoms with Crippen LogP contribution in [0, 0.1) is 0 Å². The van der Waals surface area contributed by atoms with Crippen molar-refractivity contribution in [1.29, 1.82) is 0 Å². The molecule has 0 rings (SSSR count). The SMILES string of the molecule is CCCCCCCCCCCCCCCCCCOCC(CCSCCCO)OC. The lowest BCUT2D eigenvalue weighted by atomic mass is 10.0. The monoisotopic (exact) mass is 446 g/mol. The van der Waals surface area contributed by atoms with Crippen LogP contribution in [0.15, 0.2) is 0 Å². The number of rotatable bonds is 26. The molecule has 0 heterocycles. The quantitative estimate of drug-likeness (QED) is 0.138. The Bertz CT molecular complexity index is 302. The van der Waals surface area contributed by atoms with E-state index in [1.54, 1.807) is 7.11 Å². The average Bonchev–Trinajstić information content (AvgIpc) is 2.76. The van der Waals surface area contributed by atoms with Crippen molar-refractivity contribution in [3.63, 3.8) is 0 Å². The lowest BCUT2D eigenvalue weighted by molar-refractivity contribution is 0.00643. The van der Waals surface area contributed by atoms with E-state index in [1.807, 2.05) is 11.8 Å². The van der Waals surface area contributed by atoms with Crippen LogP contribution in [0.2, 0.25) is 0 Å². The van der Waals surface area contributed by atoms with E-state index in [-0.39, 0.29) is 6.10 Å². The highest BCUT2D eigenvalue weighted by Crippen LogP contribution is 2.14. The predicted molar refractivity (Wildman–Crippen MR) is 135 cm³/mol. The summed E-state index contributed by atoms with van der Waals surface area (Å²) >= 11 is 1.89. The number of aliphatic hydroxyl groups excluding tert-OH is 1.